The van der Waals surface area contributed by atoms with Crippen molar-refractivity contribution in [2.75, 3.05) is 14.2 Å². The third-order valence-electron chi connectivity index (χ3n) is 2.82. The normalized spacial score (nSPS) is 10.4. The van der Waals surface area contributed by atoms with Crippen LogP contribution >= 0.6 is 15.9 Å². The highest BCUT2D eigenvalue weighted by Gasteiger charge is 2.10. The smallest absolute Gasteiger partial charge is 0.118 e. The lowest BCUT2D eigenvalue weighted by atomic mass is 10.0. The van der Waals surface area contributed by atoms with Gasteiger partial charge in [-0.2, -0.15) is 0 Å². The topological polar surface area (TPSA) is 18.5 Å². The summed E-state index contributed by atoms with van der Waals surface area (Å²) in [7, 11) is 3.34. The Morgan fingerprint density at radius 2 is 1.06 bits per heavy atom. The highest BCUT2D eigenvalue weighted by molar-refractivity contribution is 9.09. The van der Waals surface area contributed by atoms with Crippen molar-refractivity contribution in [3.05, 3.63) is 59.7 Å². The summed E-state index contributed by atoms with van der Waals surface area (Å²) in [4.78, 5) is 0.175. The molecule has 0 unspecified atom stereocenters. The van der Waals surface area contributed by atoms with Crippen LogP contribution in [0.15, 0.2) is 48.5 Å². The maximum Gasteiger partial charge on any atom is 0.118 e. The third-order valence-corrected chi connectivity index (χ3v) is 3.87. The zero-order valence-electron chi connectivity index (χ0n) is 10.4. The summed E-state index contributed by atoms with van der Waals surface area (Å²) in [6.45, 7) is 0. The SMILES string of the molecule is COc1ccc(C(Br)c2ccc(OC)cc2)cc1. The summed E-state index contributed by atoms with van der Waals surface area (Å²) in [5.41, 5.74) is 2.39. The van der Waals surface area contributed by atoms with Crippen LogP contribution in [0, 0.1) is 0 Å². The zero-order valence-corrected chi connectivity index (χ0v) is 12.0. The van der Waals surface area contributed by atoms with E-state index in [1.54, 1.807) is 14.2 Å². The summed E-state index contributed by atoms with van der Waals surface area (Å²) >= 11 is 3.71. The Morgan fingerprint density at radius 3 is 1.33 bits per heavy atom. The molecular formula is C15H15BrO2. The molecule has 0 N–H and O–H groups in total. The van der Waals surface area contributed by atoms with E-state index in [2.05, 4.69) is 40.2 Å². The summed E-state index contributed by atoms with van der Waals surface area (Å²) in [6.07, 6.45) is 0. The van der Waals surface area contributed by atoms with Crippen LogP contribution in [0.4, 0.5) is 0 Å². The molecule has 0 heterocycles. The molecule has 0 aromatic heterocycles. The molecule has 2 rings (SSSR count). The third kappa shape index (κ3) is 2.85. The second kappa shape index (κ2) is 5.91. The van der Waals surface area contributed by atoms with Gasteiger partial charge >= 0.3 is 0 Å². The van der Waals surface area contributed by atoms with Crippen molar-refractivity contribution in [1.82, 2.24) is 0 Å². The van der Waals surface area contributed by atoms with E-state index in [-0.39, 0.29) is 4.83 Å². The molecule has 3 heteroatoms. The minimum absolute atomic E-state index is 0.175. The molecule has 0 radical (unpaired) electrons. The van der Waals surface area contributed by atoms with Crippen molar-refractivity contribution >= 4 is 15.9 Å². The Hall–Kier alpha value is -1.48. The van der Waals surface area contributed by atoms with Gasteiger partial charge in [0.25, 0.3) is 0 Å². The van der Waals surface area contributed by atoms with Crippen LogP contribution in [-0.4, -0.2) is 14.2 Å². The molecule has 0 spiro atoms. The van der Waals surface area contributed by atoms with E-state index >= 15 is 0 Å². The van der Waals surface area contributed by atoms with Crippen LogP contribution in [0.5, 0.6) is 11.5 Å². The van der Waals surface area contributed by atoms with Crippen molar-refractivity contribution in [2.24, 2.45) is 0 Å². The molecule has 2 aromatic rings. The molecular weight excluding hydrogens is 292 g/mol. The summed E-state index contributed by atoms with van der Waals surface area (Å²) in [5.74, 6) is 1.74. The maximum absolute atomic E-state index is 5.15. The Labute approximate surface area is 116 Å². The van der Waals surface area contributed by atoms with E-state index in [0.29, 0.717) is 0 Å². The number of ether oxygens (including phenoxy) is 2. The van der Waals surface area contributed by atoms with Gasteiger partial charge in [-0.1, -0.05) is 40.2 Å². The lowest BCUT2D eigenvalue weighted by Crippen LogP contribution is -1.93. The van der Waals surface area contributed by atoms with Crippen LogP contribution in [0.1, 0.15) is 16.0 Å². The first kappa shape index (κ1) is 13.0. The van der Waals surface area contributed by atoms with Crippen molar-refractivity contribution in [2.45, 2.75) is 4.83 Å². The van der Waals surface area contributed by atoms with Crippen molar-refractivity contribution in [1.29, 1.82) is 0 Å². The predicted molar refractivity (Wildman–Crippen MR) is 76.8 cm³/mol. The van der Waals surface area contributed by atoms with Crippen molar-refractivity contribution in [3.63, 3.8) is 0 Å². The molecule has 0 fully saturated rings. The van der Waals surface area contributed by atoms with Crippen LogP contribution < -0.4 is 9.47 Å². The summed E-state index contributed by atoms with van der Waals surface area (Å²) < 4.78 is 10.3. The second-order valence-electron chi connectivity index (χ2n) is 3.91. The number of benzene rings is 2. The van der Waals surface area contributed by atoms with E-state index in [1.807, 2.05) is 24.3 Å². The van der Waals surface area contributed by atoms with Crippen LogP contribution in [0.2, 0.25) is 0 Å². The monoisotopic (exact) mass is 306 g/mol. The molecule has 18 heavy (non-hydrogen) atoms. The molecule has 0 aliphatic rings. The molecule has 0 bridgehead atoms. The van der Waals surface area contributed by atoms with Crippen LogP contribution in [0.25, 0.3) is 0 Å². The Morgan fingerprint density at radius 1 is 0.722 bits per heavy atom. The van der Waals surface area contributed by atoms with Gasteiger partial charge in [0, 0.05) is 0 Å². The number of alkyl halides is 1. The predicted octanol–water partition coefficient (Wildman–Crippen LogP) is 4.19. The van der Waals surface area contributed by atoms with Gasteiger partial charge in [-0.25, -0.2) is 0 Å². The second-order valence-corrected chi connectivity index (χ2v) is 4.82. The summed E-state index contributed by atoms with van der Waals surface area (Å²) in [5, 5.41) is 0. The quantitative estimate of drug-likeness (QED) is 0.789. The van der Waals surface area contributed by atoms with Crippen LogP contribution in [0.3, 0.4) is 0 Å². The van der Waals surface area contributed by atoms with E-state index in [9.17, 15) is 0 Å². The molecule has 2 nitrogen and oxygen atoms in total. The average Bonchev–Trinajstić information content (AvgIpc) is 2.47. The van der Waals surface area contributed by atoms with E-state index in [0.717, 1.165) is 11.5 Å². The molecule has 0 saturated heterocycles. The first-order chi connectivity index (χ1) is 8.74. The Balaban J connectivity index is 2.20. The molecule has 0 saturated carbocycles. The molecule has 0 atom stereocenters. The van der Waals surface area contributed by atoms with Gasteiger partial charge in [0.2, 0.25) is 0 Å². The molecule has 0 aliphatic carbocycles. The average molecular weight is 307 g/mol. The van der Waals surface area contributed by atoms with Gasteiger partial charge in [-0.15, -0.1) is 0 Å². The van der Waals surface area contributed by atoms with E-state index in [4.69, 9.17) is 9.47 Å². The number of hydrogen-bond donors (Lipinski definition) is 0. The largest absolute Gasteiger partial charge is 0.497 e. The van der Waals surface area contributed by atoms with Gasteiger partial charge in [0.05, 0.1) is 19.0 Å². The lowest BCUT2D eigenvalue weighted by molar-refractivity contribution is 0.414. The zero-order chi connectivity index (χ0) is 13.0. The van der Waals surface area contributed by atoms with Gasteiger partial charge < -0.3 is 9.47 Å². The first-order valence-electron chi connectivity index (χ1n) is 5.66. The van der Waals surface area contributed by atoms with Crippen molar-refractivity contribution < 1.29 is 9.47 Å². The fourth-order valence-electron chi connectivity index (χ4n) is 1.74. The molecule has 2 aromatic carbocycles. The Bertz CT molecular complexity index is 443. The summed E-state index contributed by atoms with van der Waals surface area (Å²) in [6, 6.07) is 16.1. The lowest BCUT2D eigenvalue weighted by Gasteiger charge is -2.12. The standard InChI is InChI=1S/C15H15BrO2/c1-17-13-7-3-11(4-8-13)15(16)12-5-9-14(18-2)10-6-12/h3-10,15H,1-2H3. The van der Waals surface area contributed by atoms with E-state index < -0.39 is 0 Å². The first-order valence-corrected chi connectivity index (χ1v) is 6.58. The van der Waals surface area contributed by atoms with Gasteiger partial charge in [0.1, 0.15) is 11.5 Å². The van der Waals surface area contributed by atoms with Gasteiger partial charge in [-0.05, 0) is 35.4 Å². The van der Waals surface area contributed by atoms with Crippen LogP contribution in [-0.2, 0) is 0 Å². The fourth-order valence-corrected chi connectivity index (χ4v) is 2.35. The number of rotatable bonds is 4. The Kier molecular flexibility index (Phi) is 4.26. The highest BCUT2D eigenvalue weighted by atomic mass is 79.9. The minimum atomic E-state index is 0.175. The molecule has 94 valence electrons. The maximum atomic E-state index is 5.15. The molecule has 0 aliphatic heterocycles. The minimum Gasteiger partial charge on any atom is -0.497 e. The highest BCUT2D eigenvalue weighted by Crippen LogP contribution is 2.32. The number of methoxy groups -OCH3 is 2. The van der Waals surface area contributed by atoms with E-state index in [1.165, 1.54) is 11.1 Å². The van der Waals surface area contributed by atoms with Gasteiger partial charge in [-0.3, -0.25) is 0 Å². The van der Waals surface area contributed by atoms with Gasteiger partial charge in [0.15, 0.2) is 0 Å². The number of halogens is 1. The number of hydrogen-bond acceptors (Lipinski definition) is 2. The molecule has 0 amide bonds. The fraction of sp³-hybridized carbons (Fsp3) is 0.200. The van der Waals surface area contributed by atoms with Crippen molar-refractivity contribution in [3.8, 4) is 11.5 Å².